The Bertz CT molecular complexity index is 578. The van der Waals surface area contributed by atoms with Crippen LogP contribution in [0.15, 0.2) is 24.5 Å². The van der Waals surface area contributed by atoms with Gasteiger partial charge in [-0.25, -0.2) is 0 Å². The van der Waals surface area contributed by atoms with Crippen LogP contribution in [0.5, 0.6) is 0 Å². The Hall–Kier alpha value is -1.95. The van der Waals surface area contributed by atoms with Gasteiger partial charge < -0.3 is 14.5 Å². The fourth-order valence-electron chi connectivity index (χ4n) is 3.50. The summed E-state index contributed by atoms with van der Waals surface area (Å²) in [5.41, 5.74) is 1.09. The Kier molecular flexibility index (Phi) is 5.45. The molecule has 2 unspecified atom stereocenters. The number of nitrogens with zero attached hydrogens (tertiary/aromatic N) is 3. The van der Waals surface area contributed by atoms with Crippen molar-refractivity contribution in [3.05, 3.63) is 30.1 Å². The quantitative estimate of drug-likeness (QED) is 0.794. The van der Waals surface area contributed by atoms with Crippen molar-refractivity contribution in [3.63, 3.8) is 0 Å². The molecule has 3 rings (SSSR count). The van der Waals surface area contributed by atoms with Gasteiger partial charge in [-0.05, 0) is 37.0 Å². The molecular weight excluding hydrogens is 306 g/mol. The number of carbonyl (C=O) groups is 2. The monoisotopic (exact) mass is 331 g/mol. The van der Waals surface area contributed by atoms with Gasteiger partial charge in [-0.1, -0.05) is 6.92 Å². The Morgan fingerprint density at radius 1 is 1.38 bits per heavy atom. The van der Waals surface area contributed by atoms with E-state index in [2.05, 4.69) is 4.98 Å². The lowest BCUT2D eigenvalue weighted by Crippen LogP contribution is -2.48. The SMILES string of the molecule is CCC(C(=O)N1CCC(OCc2ccncc2)C1)N1CCCC1=O. The van der Waals surface area contributed by atoms with Gasteiger partial charge in [0.05, 0.1) is 12.7 Å². The minimum Gasteiger partial charge on any atom is -0.372 e. The number of hydrogen-bond donors (Lipinski definition) is 0. The van der Waals surface area contributed by atoms with E-state index in [1.165, 1.54) is 0 Å². The van der Waals surface area contributed by atoms with Gasteiger partial charge in [0.2, 0.25) is 11.8 Å². The van der Waals surface area contributed by atoms with Gasteiger partial charge in [0.1, 0.15) is 6.04 Å². The van der Waals surface area contributed by atoms with Gasteiger partial charge in [-0.2, -0.15) is 0 Å². The molecule has 6 nitrogen and oxygen atoms in total. The van der Waals surface area contributed by atoms with Crippen molar-refractivity contribution in [3.8, 4) is 0 Å². The molecule has 6 heteroatoms. The molecule has 3 heterocycles. The summed E-state index contributed by atoms with van der Waals surface area (Å²) in [6.45, 7) is 4.54. The number of pyridine rings is 1. The second-order valence-corrected chi connectivity index (χ2v) is 6.48. The van der Waals surface area contributed by atoms with Crippen molar-refractivity contribution in [2.75, 3.05) is 19.6 Å². The number of amides is 2. The van der Waals surface area contributed by atoms with E-state index in [0.29, 0.717) is 39.1 Å². The van der Waals surface area contributed by atoms with E-state index in [-0.39, 0.29) is 24.0 Å². The van der Waals surface area contributed by atoms with Gasteiger partial charge in [-0.15, -0.1) is 0 Å². The van der Waals surface area contributed by atoms with Crippen molar-refractivity contribution in [2.45, 2.75) is 51.4 Å². The Labute approximate surface area is 142 Å². The summed E-state index contributed by atoms with van der Waals surface area (Å²) in [5.74, 6) is 0.183. The summed E-state index contributed by atoms with van der Waals surface area (Å²) >= 11 is 0. The molecule has 2 saturated heterocycles. The second-order valence-electron chi connectivity index (χ2n) is 6.48. The molecule has 2 aliphatic rings. The van der Waals surface area contributed by atoms with Crippen LogP contribution in [0.2, 0.25) is 0 Å². The molecule has 24 heavy (non-hydrogen) atoms. The third-order valence-electron chi connectivity index (χ3n) is 4.85. The van der Waals surface area contributed by atoms with Crippen LogP contribution in [-0.4, -0.2) is 58.4 Å². The lowest BCUT2D eigenvalue weighted by Gasteiger charge is -2.29. The molecule has 1 aromatic rings. The normalized spacial score (nSPS) is 22.2. The first kappa shape index (κ1) is 16.9. The van der Waals surface area contributed by atoms with Crippen molar-refractivity contribution in [1.82, 2.24) is 14.8 Å². The number of ether oxygens (including phenoxy) is 1. The van der Waals surface area contributed by atoms with E-state index in [0.717, 1.165) is 18.4 Å². The fourth-order valence-corrected chi connectivity index (χ4v) is 3.50. The van der Waals surface area contributed by atoms with Crippen molar-refractivity contribution >= 4 is 11.8 Å². The van der Waals surface area contributed by atoms with E-state index in [9.17, 15) is 9.59 Å². The highest BCUT2D eigenvalue weighted by Gasteiger charge is 2.36. The van der Waals surface area contributed by atoms with Gasteiger partial charge in [-0.3, -0.25) is 14.6 Å². The summed E-state index contributed by atoms with van der Waals surface area (Å²) in [6.07, 6.45) is 6.52. The molecule has 2 aliphatic heterocycles. The molecule has 0 N–H and O–H groups in total. The van der Waals surface area contributed by atoms with Crippen LogP contribution < -0.4 is 0 Å². The zero-order chi connectivity index (χ0) is 16.9. The van der Waals surface area contributed by atoms with E-state index < -0.39 is 0 Å². The van der Waals surface area contributed by atoms with Gasteiger partial charge in [0, 0.05) is 38.4 Å². The average molecular weight is 331 g/mol. The Morgan fingerprint density at radius 3 is 2.83 bits per heavy atom. The maximum atomic E-state index is 12.8. The Balaban J connectivity index is 1.52. The van der Waals surface area contributed by atoms with Crippen LogP contribution >= 0.6 is 0 Å². The minimum atomic E-state index is -0.307. The summed E-state index contributed by atoms with van der Waals surface area (Å²) in [7, 11) is 0. The molecule has 0 saturated carbocycles. The van der Waals surface area contributed by atoms with Crippen molar-refractivity contribution in [1.29, 1.82) is 0 Å². The van der Waals surface area contributed by atoms with E-state index in [1.807, 2.05) is 24.0 Å². The summed E-state index contributed by atoms with van der Waals surface area (Å²) < 4.78 is 5.93. The molecule has 0 spiro atoms. The molecule has 0 aromatic carbocycles. The van der Waals surface area contributed by atoms with Crippen molar-refractivity contribution < 1.29 is 14.3 Å². The smallest absolute Gasteiger partial charge is 0.245 e. The lowest BCUT2D eigenvalue weighted by molar-refractivity contribution is -0.143. The number of aromatic nitrogens is 1. The predicted octanol–water partition coefficient (Wildman–Crippen LogP) is 1.60. The Morgan fingerprint density at radius 2 is 2.17 bits per heavy atom. The highest BCUT2D eigenvalue weighted by molar-refractivity contribution is 5.88. The lowest BCUT2D eigenvalue weighted by atomic mass is 10.1. The molecule has 2 amide bonds. The zero-order valence-corrected chi connectivity index (χ0v) is 14.2. The zero-order valence-electron chi connectivity index (χ0n) is 14.2. The van der Waals surface area contributed by atoms with Gasteiger partial charge in [0.15, 0.2) is 0 Å². The highest BCUT2D eigenvalue weighted by atomic mass is 16.5. The van der Waals surface area contributed by atoms with Gasteiger partial charge >= 0.3 is 0 Å². The van der Waals surface area contributed by atoms with Crippen LogP contribution in [0.3, 0.4) is 0 Å². The van der Waals surface area contributed by atoms with Crippen LogP contribution in [-0.2, 0) is 20.9 Å². The first-order valence-electron chi connectivity index (χ1n) is 8.77. The van der Waals surface area contributed by atoms with E-state index in [4.69, 9.17) is 4.74 Å². The number of likely N-dealkylation sites (tertiary alicyclic amines) is 2. The van der Waals surface area contributed by atoms with E-state index >= 15 is 0 Å². The van der Waals surface area contributed by atoms with Crippen LogP contribution in [0.1, 0.15) is 38.2 Å². The first-order chi connectivity index (χ1) is 11.7. The fraction of sp³-hybridized carbons (Fsp3) is 0.611. The third-order valence-corrected chi connectivity index (χ3v) is 4.85. The molecule has 1 aromatic heterocycles. The van der Waals surface area contributed by atoms with Crippen LogP contribution in [0, 0.1) is 0 Å². The number of rotatable bonds is 6. The van der Waals surface area contributed by atoms with Crippen molar-refractivity contribution in [2.24, 2.45) is 0 Å². The maximum absolute atomic E-state index is 12.8. The second kappa shape index (κ2) is 7.75. The minimum absolute atomic E-state index is 0.0638. The maximum Gasteiger partial charge on any atom is 0.245 e. The van der Waals surface area contributed by atoms with Crippen LogP contribution in [0.25, 0.3) is 0 Å². The average Bonchev–Trinajstić information content (AvgIpc) is 3.24. The summed E-state index contributed by atoms with van der Waals surface area (Å²) in [6, 6.07) is 3.56. The standard InChI is InChI=1S/C18H25N3O3/c1-2-16(21-10-3-4-17(21)22)18(23)20-11-7-15(12-20)24-13-14-5-8-19-9-6-14/h5-6,8-9,15-16H,2-4,7,10-13H2,1H3. The molecular formula is C18H25N3O3. The topological polar surface area (TPSA) is 62.7 Å². The summed E-state index contributed by atoms with van der Waals surface area (Å²) in [4.78, 5) is 32.3. The van der Waals surface area contributed by atoms with Crippen LogP contribution in [0.4, 0.5) is 0 Å². The predicted molar refractivity (Wildman–Crippen MR) is 89.0 cm³/mol. The van der Waals surface area contributed by atoms with Gasteiger partial charge in [0.25, 0.3) is 0 Å². The largest absolute Gasteiger partial charge is 0.372 e. The molecule has 0 radical (unpaired) electrons. The number of carbonyl (C=O) groups excluding carboxylic acids is 2. The highest BCUT2D eigenvalue weighted by Crippen LogP contribution is 2.21. The third kappa shape index (κ3) is 3.75. The first-order valence-corrected chi connectivity index (χ1v) is 8.77. The van der Waals surface area contributed by atoms with E-state index in [1.54, 1.807) is 17.3 Å². The molecule has 130 valence electrons. The number of hydrogen-bond acceptors (Lipinski definition) is 4. The molecule has 2 atom stereocenters. The molecule has 0 aliphatic carbocycles. The molecule has 2 fully saturated rings. The summed E-state index contributed by atoms with van der Waals surface area (Å²) in [5, 5.41) is 0. The molecule has 0 bridgehead atoms.